The summed E-state index contributed by atoms with van der Waals surface area (Å²) < 4.78 is 0. The van der Waals surface area contributed by atoms with Gasteiger partial charge < -0.3 is 16.1 Å². The summed E-state index contributed by atoms with van der Waals surface area (Å²) in [5.74, 6) is 0. The van der Waals surface area contributed by atoms with Gasteiger partial charge in [0, 0.05) is 6.08 Å². The summed E-state index contributed by atoms with van der Waals surface area (Å²) in [5.41, 5.74) is 9.03. The number of aromatic nitrogens is 1. The highest BCUT2D eigenvalue weighted by Crippen LogP contribution is 2.26. The molecule has 1 aliphatic rings. The second-order valence-electron chi connectivity index (χ2n) is 3.70. The molecule has 1 aromatic rings. The van der Waals surface area contributed by atoms with Crippen LogP contribution in [0.1, 0.15) is 5.69 Å². The van der Waals surface area contributed by atoms with E-state index in [9.17, 15) is 10.4 Å². The van der Waals surface area contributed by atoms with Gasteiger partial charge in [0.1, 0.15) is 15.7 Å². The zero-order chi connectivity index (χ0) is 14.9. The Morgan fingerprint density at radius 3 is 2.60 bits per heavy atom. The molecule has 0 saturated carbocycles. The fourth-order valence-corrected chi connectivity index (χ4v) is 2.49. The number of nitrogens with two attached hydrogens (primary N) is 1. The number of hydrogen-bond acceptors (Lipinski definition) is 7. The Morgan fingerprint density at radius 1 is 1.35 bits per heavy atom. The van der Waals surface area contributed by atoms with Crippen LogP contribution >= 0.6 is 34.5 Å². The molecule has 7 nitrogen and oxygen atoms in total. The maximum atomic E-state index is 10.7. The first-order valence-corrected chi connectivity index (χ1v) is 6.79. The van der Waals surface area contributed by atoms with Crippen LogP contribution in [0.15, 0.2) is 27.3 Å². The Bertz CT molecular complexity index is 673. The first kappa shape index (κ1) is 14.6. The van der Waals surface area contributed by atoms with Crippen molar-refractivity contribution in [3.8, 4) is 0 Å². The van der Waals surface area contributed by atoms with Crippen molar-refractivity contribution >= 4 is 56.1 Å². The number of rotatable bonds is 2. The van der Waals surface area contributed by atoms with E-state index in [1.165, 1.54) is 17.4 Å². The van der Waals surface area contributed by atoms with Crippen LogP contribution in [-0.4, -0.2) is 21.3 Å². The third-order valence-electron chi connectivity index (χ3n) is 2.30. The van der Waals surface area contributed by atoms with Crippen molar-refractivity contribution in [2.24, 2.45) is 5.10 Å². The molecule has 0 amide bonds. The number of nitrogen functional groups attached to an aromatic ring is 1. The van der Waals surface area contributed by atoms with Crippen molar-refractivity contribution in [2.75, 3.05) is 11.2 Å². The number of hydrazone groups is 1. The quantitative estimate of drug-likeness (QED) is 0.490. The molecule has 0 aromatic carbocycles. The van der Waals surface area contributed by atoms with Gasteiger partial charge in [-0.2, -0.15) is 10.0 Å². The van der Waals surface area contributed by atoms with Crippen LogP contribution < -0.4 is 11.2 Å². The Balaban J connectivity index is 2.26. The standard InChI is InChI=1S/C10H8Cl2N5O2S/c1-4-9(20-10(13)14-4)16-15-7-2-6(12)8(17(18)19)3-5(7)11/h2-3,16H,1H3,(H2-,13,14,18,19)/q-1/b15-7+. The lowest BCUT2D eigenvalue weighted by Gasteiger charge is -2.12. The largest absolute Gasteiger partial charge is 0.612 e. The van der Waals surface area contributed by atoms with E-state index in [1.54, 1.807) is 6.92 Å². The van der Waals surface area contributed by atoms with Crippen LogP contribution in [0, 0.1) is 17.3 Å². The molecule has 1 heterocycles. The van der Waals surface area contributed by atoms with Crippen LogP contribution in [0.2, 0.25) is 0 Å². The van der Waals surface area contributed by atoms with Crippen LogP contribution in [0.5, 0.6) is 0 Å². The lowest BCUT2D eigenvalue weighted by molar-refractivity contribution is -0.377. The summed E-state index contributed by atoms with van der Waals surface area (Å²) in [6.07, 6.45) is 2.47. The van der Waals surface area contributed by atoms with E-state index in [1.807, 2.05) is 0 Å². The molecular weight excluding hydrogens is 325 g/mol. The first-order valence-electron chi connectivity index (χ1n) is 5.21. The minimum absolute atomic E-state index is 0.0412. The second kappa shape index (κ2) is 5.70. The van der Waals surface area contributed by atoms with E-state index in [0.29, 0.717) is 15.8 Å². The number of nitrogens with one attached hydrogen (secondary N) is 1. The molecule has 0 spiro atoms. The Kier molecular flexibility index (Phi) is 4.17. The molecule has 10 heteroatoms. The van der Waals surface area contributed by atoms with Gasteiger partial charge in [0.25, 0.3) is 0 Å². The van der Waals surface area contributed by atoms with Crippen molar-refractivity contribution in [1.82, 2.24) is 4.98 Å². The normalized spacial score (nSPS) is 16.9. The minimum atomic E-state index is -0.612. The molecule has 0 aliphatic heterocycles. The Hall–Kier alpha value is -1.77. The predicted octanol–water partition coefficient (Wildman–Crippen LogP) is 2.51. The lowest BCUT2D eigenvalue weighted by Crippen LogP contribution is -2.15. The van der Waals surface area contributed by atoms with Crippen LogP contribution in [0.3, 0.4) is 0 Å². The van der Waals surface area contributed by atoms with Crippen molar-refractivity contribution in [3.63, 3.8) is 0 Å². The molecule has 0 radical (unpaired) electrons. The number of thiazole rings is 1. The maximum absolute atomic E-state index is 10.7. The summed E-state index contributed by atoms with van der Waals surface area (Å²) in [7, 11) is 0. The summed E-state index contributed by atoms with van der Waals surface area (Å²) in [6.45, 7) is 1.77. The van der Waals surface area contributed by atoms with Gasteiger partial charge in [0.15, 0.2) is 5.13 Å². The zero-order valence-electron chi connectivity index (χ0n) is 10.1. The fourth-order valence-electron chi connectivity index (χ4n) is 1.38. The summed E-state index contributed by atoms with van der Waals surface area (Å²) in [6, 6.07) is 0. The highest BCUT2D eigenvalue weighted by molar-refractivity contribution is 7.19. The maximum Gasteiger partial charge on any atom is 0.243 e. The average molecular weight is 333 g/mol. The number of aryl methyl sites for hydroxylation is 1. The minimum Gasteiger partial charge on any atom is -0.612 e. The highest BCUT2D eigenvalue weighted by atomic mass is 35.5. The van der Waals surface area contributed by atoms with Crippen molar-refractivity contribution in [2.45, 2.75) is 6.92 Å². The Morgan fingerprint density at radius 2 is 2.05 bits per heavy atom. The predicted molar refractivity (Wildman–Crippen MR) is 82.2 cm³/mol. The average Bonchev–Trinajstić information content (AvgIpc) is 2.68. The molecule has 0 saturated heterocycles. The van der Waals surface area contributed by atoms with Gasteiger partial charge >= 0.3 is 0 Å². The number of nitrogens with zero attached hydrogens (tertiary/aromatic N) is 3. The molecular formula is C10H8Cl2N5O2S-. The van der Waals surface area contributed by atoms with Crippen LogP contribution in [-0.2, 0) is 0 Å². The number of halogens is 2. The van der Waals surface area contributed by atoms with Gasteiger partial charge in [-0.1, -0.05) is 34.5 Å². The molecule has 106 valence electrons. The lowest BCUT2D eigenvalue weighted by atomic mass is 10.1. The molecule has 0 bridgehead atoms. The molecule has 2 rings (SSSR count). The smallest absolute Gasteiger partial charge is 0.243 e. The first-order chi connectivity index (χ1) is 9.38. The van der Waals surface area contributed by atoms with Gasteiger partial charge in [-0.15, -0.1) is 0 Å². The fraction of sp³-hybridized carbons (Fsp3) is 0.100. The van der Waals surface area contributed by atoms with Crippen molar-refractivity contribution < 1.29 is 4.90 Å². The SMILES string of the molecule is Cc1nc(N)sc1N/N=C1\C=C(Cl)C(=[N+]([O-])[O-])C=C1Cl. The second-order valence-corrected chi connectivity index (χ2v) is 5.55. The van der Waals surface area contributed by atoms with Gasteiger partial charge in [0.2, 0.25) is 5.71 Å². The van der Waals surface area contributed by atoms with E-state index in [-0.39, 0.29) is 21.5 Å². The van der Waals surface area contributed by atoms with Gasteiger partial charge in [0.05, 0.1) is 10.7 Å². The van der Waals surface area contributed by atoms with Crippen molar-refractivity contribution in [1.29, 1.82) is 0 Å². The number of anilines is 2. The van der Waals surface area contributed by atoms with E-state index in [0.717, 1.165) is 6.08 Å². The summed E-state index contributed by atoms with van der Waals surface area (Å²) in [5, 5.41) is 26.6. The van der Waals surface area contributed by atoms with E-state index < -0.39 is 4.90 Å². The molecule has 0 atom stereocenters. The van der Waals surface area contributed by atoms with Crippen molar-refractivity contribution in [3.05, 3.63) is 38.3 Å². The molecule has 20 heavy (non-hydrogen) atoms. The molecule has 3 N–H and O–H groups in total. The molecule has 1 aliphatic carbocycles. The topological polar surface area (TPSA) is 112 Å². The molecule has 0 unspecified atom stereocenters. The van der Waals surface area contributed by atoms with Gasteiger partial charge in [-0.25, -0.2) is 4.98 Å². The van der Waals surface area contributed by atoms with E-state index in [2.05, 4.69) is 15.5 Å². The number of allylic oxidation sites excluding steroid dienone is 4. The molecule has 0 fully saturated rings. The van der Waals surface area contributed by atoms with Crippen LogP contribution in [0.4, 0.5) is 10.1 Å². The summed E-state index contributed by atoms with van der Waals surface area (Å²) in [4.78, 5) is 3.41. The monoisotopic (exact) mass is 332 g/mol. The number of hydrogen-bond donors (Lipinski definition) is 2. The van der Waals surface area contributed by atoms with Gasteiger partial charge in [-0.3, -0.25) is 5.43 Å². The summed E-state index contributed by atoms with van der Waals surface area (Å²) >= 11 is 12.9. The third kappa shape index (κ3) is 3.03. The highest BCUT2D eigenvalue weighted by Gasteiger charge is 2.19. The van der Waals surface area contributed by atoms with Gasteiger partial charge in [-0.05, 0) is 13.0 Å². The molecule has 1 aromatic heterocycles. The third-order valence-corrected chi connectivity index (χ3v) is 3.80. The van der Waals surface area contributed by atoms with E-state index >= 15 is 0 Å². The Labute approximate surface area is 127 Å². The van der Waals surface area contributed by atoms with E-state index in [4.69, 9.17) is 28.9 Å². The van der Waals surface area contributed by atoms with Crippen LogP contribution in [0.25, 0.3) is 0 Å². The zero-order valence-corrected chi connectivity index (χ0v) is 12.4.